The highest BCUT2D eigenvalue weighted by Crippen LogP contribution is 2.18. The molecule has 0 spiro atoms. The van der Waals surface area contributed by atoms with E-state index in [1.807, 2.05) is 61.5 Å². The third-order valence-electron chi connectivity index (χ3n) is 4.64. The van der Waals surface area contributed by atoms with Crippen LogP contribution in [0.3, 0.4) is 0 Å². The molecule has 0 bridgehead atoms. The Morgan fingerprint density at radius 1 is 0.966 bits per heavy atom. The van der Waals surface area contributed by atoms with Crippen molar-refractivity contribution >= 4 is 17.8 Å². The van der Waals surface area contributed by atoms with Crippen LogP contribution in [0.25, 0.3) is 0 Å². The molecule has 2 unspecified atom stereocenters. The van der Waals surface area contributed by atoms with E-state index >= 15 is 0 Å². The van der Waals surface area contributed by atoms with Crippen molar-refractivity contribution in [1.29, 1.82) is 0 Å². The number of hydrogen-bond acceptors (Lipinski definition) is 3. The van der Waals surface area contributed by atoms with Crippen LogP contribution in [0.5, 0.6) is 0 Å². The second kappa shape index (κ2) is 11.0. The van der Waals surface area contributed by atoms with Gasteiger partial charge in [0.1, 0.15) is 0 Å². The van der Waals surface area contributed by atoms with Crippen LogP contribution in [0.1, 0.15) is 48.9 Å². The van der Waals surface area contributed by atoms with Gasteiger partial charge in [0.25, 0.3) is 0 Å². The molecule has 0 fully saturated rings. The zero-order chi connectivity index (χ0) is 21.2. The van der Waals surface area contributed by atoms with Gasteiger partial charge in [0.05, 0.1) is 12.5 Å². The van der Waals surface area contributed by atoms with Crippen LogP contribution in [0.4, 0.5) is 0 Å². The summed E-state index contributed by atoms with van der Waals surface area (Å²) in [5, 5.41) is 14.8. The number of nitrogens with one attached hydrogen (secondary N) is 2. The fraction of sp³-hybridized carbons (Fsp3) is 0.348. The van der Waals surface area contributed by atoms with E-state index in [0.29, 0.717) is 12.8 Å². The molecule has 0 saturated heterocycles. The summed E-state index contributed by atoms with van der Waals surface area (Å²) in [6.07, 6.45) is 0.951. The Balaban J connectivity index is 2.07. The van der Waals surface area contributed by atoms with Gasteiger partial charge in [-0.05, 0) is 30.9 Å². The predicted octanol–water partition coefficient (Wildman–Crippen LogP) is 3.15. The van der Waals surface area contributed by atoms with Crippen molar-refractivity contribution in [2.75, 3.05) is 0 Å². The van der Waals surface area contributed by atoms with Crippen molar-refractivity contribution < 1.29 is 19.5 Å². The first-order valence-electron chi connectivity index (χ1n) is 9.72. The molecule has 2 amide bonds. The van der Waals surface area contributed by atoms with Gasteiger partial charge in [-0.25, -0.2) is 0 Å². The second-order valence-electron chi connectivity index (χ2n) is 7.25. The zero-order valence-electron chi connectivity index (χ0n) is 16.9. The van der Waals surface area contributed by atoms with Gasteiger partial charge in [-0.2, -0.15) is 0 Å². The maximum atomic E-state index is 12.7. The number of rotatable bonds is 10. The molecule has 0 saturated carbocycles. The smallest absolute Gasteiger partial charge is 0.303 e. The molecule has 2 aromatic rings. The third kappa shape index (κ3) is 8.17. The van der Waals surface area contributed by atoms with E-state index in [1.54, 1.807) is 0 Å². The van der Waals surface area contributed by atoms with Crippen LogP contribution in [-0.2, 0) is 20.8 Å². The van der Waals surface area contributed by atoms with E-state index < -0.39 is 12.0 Å². The Hall–Kier alpha value is -3.15. The highest BCUT2D eigenvalue weighted by Gasteiger charge is 2.20. The maximum Gasteiger partial charge on any atom is 0.303 e. The number of carbonyl (C=O) groups excluding carboxylic acids is 2. The average molecular weight is 396 g/mol. The average Bonchev–Trinajstić information content (AvgIpc) is 2.66. The number of amides is 2. The molecule has 0 aliphatic carbocycles. The van der Waals surface area contributed by atoms with Gasteiger partial charge in [-0.1, -0.05) is 60.2 Å². The zero-order valence-corrected chi connectivity index (χ0v) is 16.9. The summed E-state index contributed by atoms with van der Waals surface area (Å²) in [4.78, 5) is 35.3. The summed E-state index contributed by atoms with van der Waals surface area (Å²) in [6.45, 7) is 3.39. The quantitative estimate of drug-likeness (QED) is 0.575. The van der Waals surface area contributed by atoms with E-state index in [-0.39, 0.29) is 30.7 Å². The van der Waals surface area contributed by atoms with E-state index in [9.17, 15) is 14.4 Å². The first-order valence-corrected chi connectivity index (χ1v) is 9.72. The van der Waals surface area contributed by atoms with Gasteiger partial charge in [0, 0.05) is 19.4 Å². The molecule has 6 nitrogen and oxygen atoms in total. The first kappa shape index (κ1) is 22.1. The van der Waals surface area contributed by atoms with Crippen LogP contribution >= 0.6 is 0 Å². The number of benzene rings is 2. The standard InChI is InChI=1S/C23H28N2O4/c1-16-8-10-19(11-9-16)21(24-17(2)26)15-22(27)25-20(12-13-23(28)29)14-18-6-4-3-5-7-18/h3-11,20-21H,12-15H2,1-2H3,(H,24,26)(H,25,27)(H,28,29). The Morgan fingerprint density at radius 2 is 1.62 bits per heavy atom. The van der Waals surface area contributed by atoms with Crippen LogP contribution in [0, 0.1) is 6.92 Å². The topological polar surface area (TPSA) is 95.5 Å². The highest BCUT2D eigenvalue weighted by molar-refractivity contribution is 5.79. The normalized spacial score (nSPS) is 12.6. The van der Waals surface area contributed by atoms with Crippen molar-refractivity contribution in [3.63, 3.8) is 0 Å². The molecule has 2 aromatic carbocycles. The minimum atomic E-state index is -0.895. The lowest BCUT2D eigenvalue weighted by Crippen LogP contribution is -2.39. The number of carboxylic acids is 1. The van der Waals surface area contributed by atoms with Crippen LogP contribution in [-0.4, -0.2) is 28.9 Å². The summed E-state index contributed by atoms with van der Waals surface area (Å²) in [7, 11) is 0. The van der Waals surface area contributed by atoms with Gasteiger partial charge < -0.3 is 15.7 Å². The van der Waals surface area contributed by atoms with Crippen molar-refractivity contribution in [2.24, 2.45) is 0 Å². The summed E-state index contributed by atoms with van der Waals surface area (Å²) in [5.41, 5.74) is 2.97. The molecule has 0 aliphatic rings. The monoisotopic (exact) mass is 396 g/mol. The summed E-state index contributed by atoms with van der Waals surface area (Å²) >= 11 is 0. The largest absolute Gasteiger partial charge is 0.481 e. The molecule has 154 valence electrons. The van der Waals surface area contributed by atoms with Crippen molar-refractivity contribution in [3.05, 3.63) is 71.3 Å². The van der Waals surface area contributed by atoms with Gasteiger partial charge in [0.15, 0.2) is 0 Å². The summed E-state index contributed by atoms with van der Waals surface area (Å²) < 4.78 is 0. The Morgan fingerprint density at radius 3 is 2.21 bits per heavy atom. The summed E-state index contributed by atoms with van der Waals surface area (Å²) in [5.74, 6) is -1.33. The second-order valence-corrected chi connectivity index (χ2v) is 7.25. The van der Waals surface area contributed by atoms with E-state index in [2.05, 4.69) is 10.6 Å². The van der Waals surface area contributed by atoms with Gasteiger partial charge in [-0.15, -0.1) is 0 Å². The minimum absolute atomic E-state index is 0.0229. The molecule has 2 rings (SSSR count). The fourth-order valence-electron chi connectivity index (χ4n) is 3.19. The predicted molar refractivity (Wildman–Crippen MR) is 111 cm³/mol. The molecule has 0 heterocycles. The molecule has 0 aromatic heterocycles. The molecular formula is C23H28N2O4. The van der Waals surface area contributed by atoms with E-state index in [0.717, 1.165) is 16.7 Å². The lowest BCUT2D eigenvalue weighted by atomic mass is 9.99. The lowest BCUT2D eigenvalue weighted by molar-refractivity contribution is -0.137. The summed E-state index contributed by atoms with van der Waals surface area (Å²) in [6, 6.07) is 16.6. The molecule has 29 heavy (non-hydrogen) atoms. The highest BCUT2D eigenvalue weighted by atomic mass is 16.4. The molecule has 2 atom stereocenters. The first-order chi connectivity index (χ1) is 13.8. The number of carbonyl (C=O) groups is 3. The molecule has 3 N–H and O–H groups in total. The Kier molecular flexibility index (Phi) is 8.40. The fourth-order valence-corrected chi connectivity index (χ4v) is 3.19. The van der Waals surface area contributed by atoms with Gasteiger partial charge in [0.2, 0.25) is 11.8 Å². The molecule has 0 aliphatic heterocycles. The van der Waals surface area contributed by atoms with Crippen molar-refractivity contribution in [3.8, 4) is 0 Å². The SMILES string of the molecule is CC(=O)NC(CC(=O)NC(CCC(=O)O)Cc1ccccc1)c1ccc(C)cc1. The van der Waals surface area contributed by atoms with Gasteiger partial charge in [-0.3, -0.25) is 14.4 Å². The maximum absolute atomic E-state index is 12.7. The Bertz CT molecular complexity index is 819. The number of aliphatic carboxylic acids is 1. The van der Waals surface area contributed by atoms with E-state index in [1.165, 1.54) is 6.92 Å². The number of aryl methyl sites for hydroxylation is 1. The number of carboxylic acid groups (broad SMARTS) is 1. The van der Waals surface area contributed by atoms with Crippen LogP contribution < -0.4 is 10.6 Å². The minimum Gasteiger partial charge on any atom is -0.481 e. The molecular weight excluding hydrogens is 368 g/mol. The van der Waals surface area contributed by atoms with Crippen molar-refractivity contribution in [1.82, 2.24) is 10.6 Å². The van der Waals surface area contributed by atoms with Crippen molar-refractivity contribution in [2.45, 2.75) is 51.6 Å². The van der Waals surface area contributed by atoms with Gasteiger partial charge >= 0.3 is 5.97 Å². The molecule has 6 heteroatoms. The molecule has 0 radical (unpaired) electrons. The van der Waals surface area contributed by atoms with E-state index in [4.69, 9.17) is 5.11 Å². The Labute approximate surface area is 171 Å². The number of hydrogen-bond donors (Lipinski definition) is 3. The third-order valence-corrected chi connectivity index (χ3v) is 4.64. The van der Waals surface area contributed by atoms with Crippen LogP contribution in [0.2, 0.25) is 0 Å². The van der Waals surface area contributed by atoms with Crippen LogP contribution in [0.15, 0.2) is 54.6 Å². The lowest BCUT2D eigenvalue weighted by Gasteiger charge is -2.22.